The summed E-state index contributed by atoms with van der Waals surface area (Å²) in [6, 6.07) is 4.04. The van der Waals surface area contributed by atoms with E-state index in [0.29, 0.717) is 0 Å². The minimum Gasteiger partial charge on any atom is -0.495 e. The Balaban J connectivity index is 1.92. The van der Waals surface area contributed by atoms with Gasteiger partial charge in [0.2, 0.25) is 0 Å². The molecule has 0 spiro atoms. The van der Waals surface area contributed by atoms with Gasteiger partial charge < -0.3 is 15.0 Å². The van der Waals surface area contributed by atoms with Gasteiger partial charge in [-0.2, -0.15) is 0 Å². The van der Waals surface area contributed by atoms with E-state index >= 15 is 0 Å². The molecule has 0 unspecified atom stereocenters. The number of aromatic nitrogens is 2. The average molecular weight is 389 g/mol. The molecule has 0 saturated heterocycles. The Hall–Kier alpha value is -0.850. The summed E-state index contributed by atoms with van der Waals surface area (Å²) in [4.78, 5) is 7.08. The smallest absolute Gasteiger partial charge is 0.137 e. The third-order valence-electron chi connectivity index (χ3n) is 2.73. The second-order valence-electron chi connectivity index (χ2n) is 4.08. The number of nitrogens with one attached hydrogen (secondary N) is 2. The van der Waals surface area contributed by atoms with Crippen LogP contribution in [-0.2, 0) is 13.0 Å². The number of imidazole rings is 1. The number of hydrogen-bond donors (Lipinski definition) is 2. The molecule has 0 aliphatic carbocycles. The molecule has 6 heteroatoms. The number of ether oxygens (including phenoxy) is 1. The summed E-state index contributed by atoms with van der Waals surface area (Å²) < 4.78 is 7.40. The van der Waals surface area contributed by atoms with Crippen molar-refractivity contribution in [3.8, 4) is 5.75 Å². The van der Waals surface area contributed by atoms with Crippen LogP contribution in [0.2, 0.25) is 0 Å². The van der Waals surface area contributed by atoms with Crippen LogP contribution in [-0.4, -0.2) is 23.6 Å². The summed E-state index contributed by atoms with van der Waals surface area (Å²) in [5.41, 5.74) is 2.25. The fourth-order valence-corrected chi connectivity index (χ4v) is 3.32. The van der Waals surface area contributed by atoms with Crippen molar-refractivity contribution in [2.45, 2.75) is 13.0 Å². The summed E-state index contributed by atoms with van der Waals surface area (Å²) in [6.45, 7) is 1.64. The maximum Gasteiger partial charge on any atom is 0.137 e. The molecule has 1 heterocycles. The van der Waals surface area contributed by atoms with Crippen LogP contribution in [0.25, 0.3) is 0 Å². The molecular formula is C13H15Br2N3O. The topological polar surface area (TPSA) is 49.9 Å². The Morgan fingerprint density at radius 3 is 2.89 bits per heavy atom. The van der Waals surface area contributed by atoms with Gasteiger partial charge in [-0.25, -0.2) is 4.98 Å². The van der Waals surface area contributed by atoms with E-state index in [0.717, 1.165) is 45.5 Å². The monoisotopic (exact) mass is 387 g/mol. The number of benzene rings is 1. The minimum atomic E-state index is 0.759. The second kappa shape index (κ2) is 7.07. The van der Waals surface area contributed by atoms with E-state index in [1.807, 2.05) is 12.3 Å². The molecule has 2 rings (SSSR count). The van der Waals surface area contributed by atoms with Crippen molar-refractivity contribution < 1.29 is 4.74 Å². The molecular weight excluding hydrogens is 374 g/mol. The third kappa shape index (κ3) is 4.06. The van der Waals surface area contributed by atoms with Gasteiger partial charge in [0.1, 0.15) is 5.75 Å². The highest BCUT2D eigenvalue weighted by Gasteiger charge is 2.08. The van der Waals surface area contributed by atoms with E-state index < -0.39 is 0 Å². The fraction of sp³-hybridized carbons (Fsp3) is 0.308. The van der Waals surface area contributed by atoms with Crippen molar-refractivity contribution >= 4 is 31.9 Å². The maximum atomic E-state index is 5.41. The Kier molecular flexibility index (Phi) is 5.42. The van der Waals surface area contributed by atoms with Crippen LogP contribution in [0.4, 0.5) is 0 Å². The summed E-state index contributed by atoms with van der Waals surface area (Å²) in [5, 5.41) is 3.40. The molecule has 0 bridgehead atoms. The van der Waals surface area contributed by atoms with Gasteiger partial charge in [-0.15, -0.1) is 0 Å². The summed E-state index contributed by atoms with van der Waals surface area (Å²) >= 11 is 6.99. The Morgan fingerprint density at radius 2 is 2.21 bits per heavy atom. The number of halogens is 2. The number of methoxy groups -OCH3 is 1. The zero-order valence-electron chi connectivity index (χ0n) is 10.5. The van der Waals surface area contributed by atoms with E-state index in [1.165, 1.54) is 0 Å². The summed E-state index contributed by atoms with van der Waals surface area (Å²) in [6.07, 6.45) is 4.47. The standard InChI is InChI=1S/C13H15Br2N3O/c1-19-13-9(4-10(14)5-12(13)15)6-16-3-2-11-7-17-8-18-11/h4-5,7-8,16H,2-3,6H2,1H3,(H,17,18). The van der Waals surface area contributed by atoms with E-state index in [1.54, 1.807) is 13.4 Å². The zero-order valence-corrected chi connectivity index (χ0v) is 13.7. The lowest BCUT2D eigenvalue weighted by Crippen LogP contribution is -2.17. The molecule has 2 aromatic rings. The molecule has 0 aliphatic heterocycles. The molecule has 1 aromatic carbocycles. The van der Waals surface area contributed by atoms with Gasteiger partial charge in [0.15, 0.2) is 0 Å². The lowest BCUT2D eigenvalue weighted by Gasteiger charge is -2.12. The Labute approximate surface area is 129 Å². The number of nitrogens with zero attached hydrogens (tertiary/aromatic N) is 1. The van der Waals surface area contributed by atoms with Gasteiger partial charge in [-0.3, -0.25) is 0 Å². The highest BCUT2D eigenvalue weighted by Crippen LogP contribution is 2.32. The highest BCUT2D eigenvalue weighted by molar-refractivity contribution is 9.11. The second-order valence-corrected chi connectivity index (χ2v) is 5.85. The lowest BCUT2D eigenvalue weighted by molar-refractivity contribution is 0.405. The van der Waals surface area contributed by atoms with Crippen LogP contribution in [0.15, 0.2) is 33.6 Å². The van der Waals surface area contributed by atoms with Gasteiger partial charge in [0.25, 0.3) is 0 Å². The molecule has 0 aliphatic rings. The van der Waals surface area contributed by atoms with Gasteiger partial charge in [0, 0.05) is 41.4 Å². The predicted octanol–water partition coefficient (Wildman–Crippen LogP) is 3.28. The van der Waals surface area contributed by atoms with Crippen LogP contribution in [0.5, 0.6) is 5.75 Å². The Morgan fingerprint density at radius 1 is 1.37 bits per heavy atom. The van der Waals surface area contributed by atoms with Crippen LogP contribution in [0.1, 0.15) is 11.3 Å². The number of rotatable bonds is 6. The molecule has 19 heavy (non-hydrogen) atoms. The summed E-state index contributed by atoms with van der Waals surface area (Å²) in [5.74, 6) is 0.872. The zero-order chi connectivity index (χ0) is 13.7. The van der Waals surface area contributed by atoms with Crippen molar-refractivity contribution in [3.05, 3.63) is 44.9 Å². The van der Waals surface area contributed by atoms with E-state index in [4.69, 9.17) is 4.74 Å². The lowest BCUT2D eigenvalue weighted by atomic mass is 10.2. The first-order valence-corrected chi connectivity index (χ1v) is 7.49. The SMILES string of the molecule is COc1c(Br)cc(Br)cc1CNCCc1cnc[nH]1. The number of hydrogen-bond acceptors (Lipinski definition) is 3. The number of aromatic amines is 1. The first-order chi connectivity index (χ1) is 9.20. The van der Waals surface area contributed by atoms with Crippen LogP contribution in [0.3, 0.4) is 0 Å². The minimum absolute atomic E-state index is 0.759. The Bertz CT molecular complexity index is 529. The van der Waals surface area contributed by atoms with Crippen molar-refractivity contribution in [3.63, 3.8) is 0 Å². The van der Waals surface area contributed by atoms with E-state index in [9.17, 15) is 0 Å². The highest BCUT2D eigenvalue weighted by atomic mass is 79.9. The molecule has 4 nitrogen and oxygen atoms in total. The quantitative estimate of drug-likeness (QED) is 0.746. The van der Waals surface area contributed by atoms with Crippen LogP contribution >= 0.6 is 31.9 Å². The summed E-state index contributed by atoms with van der Waals surface area (Å²) in [7, 11) is 1.68. The van der Waals surface area contributed by atoms with Gasteiger partial charge in [-0.1, -0.05) is 15.9 Å². The van der Waals surface area contributed by atoms with Crippen molar-refractivity contribution in [1.82, 2.24) is 15.3 Å². The van der Waals surface area contributed by atoms with Crippen molar-refractivity contribution in [2.24, 2.45) is 0 Å². The molecule has 0 amide bonds. The normalized spacial score (nSPS) is 10.7. The molecule has 0 radical (unpaired) electrons. The average Bonchev–Trinajstić information content (AvgIpc) is 2.87. The van der Waals surface area contributed by atoms with Crippen LogP contribution < -0.4 is 10.1 Å². The molecule has 0 atom stereocenters. The first kappa shape index (κ1) is 14.6. The maximum absolute atomic E-state index is 5.41. The molecule has 102 valence electrons. The van der Waals surface area contributed by atoms with Gasteiger partial charge >= 0.3 is 0 Å². The molecule has 0 fully saturated rings. The molecule has 0 saturated carbocycles. The van der Waals surface area contributed by atoms with Gasteiger partial charge in [0.05, 0.1) is 17.9 Å². The largest absolute Gasteiger partial charge is 0.495 e. The van der Waals surface area contributed by atoms with Gasteiger partial charge in [-0.05, 0) is 28.1 Å². The van der Waals surface area contributed by atoms with E-state index in [2.05, 4.69) is 53.2 Å². The predicted molar refractivity (Wildman–Crippen MR) is 82.4 cm³/mol. The molecule has 1 aromatic heterocycles. The van der Waals surface area contributed by atoms with E-state index in [-0.39, 0.29) is 0 Å². The first-order valence-electron chi connectivity index (χ1n) is 5.90. The fourth-order valence-electron chi connectivity index (χ4n) is 1.84. The third-order valence-corrected chi connectivity index (χ3v) is 3.78. The van der Waals surface area contributed by atoms with Crippen molar-refractivity contribution in [1.29, 1.82) is 0 Å². The van der Waals surface area contributed by atoms with Crippen LogP contribution in [0, 0.1) is 0 Å². The number of H-pyrrole nitrogens is 1. The van der Waals surface area contributed by atoms with Crippen molar-refractivity contribution in [2.75, 3.05) is 13.7 Å². The molecule has 2 N–H and O–H groups in total.